The average molecular weight is 284 g/mol. The monoisotopic (exact) mass is 284 g/mol. The molecule has 120 valence electrons. The van der Waals surface area contributed by atoms with E-state index in [0.717, 1.165) is 19.3 Å². The zero-order valence-corrected chi connectivity index (χ0v) is 14.9. The number of hydrogen-bond donors (Lipinski definition) is 2. The van der Waals surface area contributed by atoms with Crippen LogP contribution in [0, 0.1) is 10.8 Å². The molecule has 0 saturated carbocycles. The predicted octanol–water partition coefficient (Wildman–Crippen LogP) is 3.38. The van der Waals surface area contributed by atoms with Gasteiger partial charge < -0.3 is 10.6 Å². The molecule has 2 N–H and O–H groups in total. The van der Waals surface area contributed by atoms with Gasteiger partial charge >= 0.3 is 0 Å². The lowest BCUT2D eigenvalue weighted by atomic mass is 9.69. The highest BCUT2D eigenvalue weighted by Crippen LogP contribution is 2.40. The molecule has 0 aliphatic heterocycles. The van der Waals surface area contributed by atoms with E-state index in [1.807, 2.05) is 14.1 Å². The Hall–Kier alpha value is -0.410. The third kappa shape index (κ3) is 7.39. The number of nitrogens with one attached hydrogen (secondary N) is 2. The maximum Gasteiger partial charge on any atom is 0.146 e. The first-order valence-electron chi connectivity index (χ1n) is 7.92. The smallest absolute Gasteiger partial charge is 0.146 e. The second-order valence-electron chi connectivity index (χ2n) is 7.76. The van der Waals surface area contributed by atoms with Crippen LogP contribution in [0.4, 0.5) is 0 Å². The summed E-state index contributed by atoms with van der Waals surface area (Å²) in [6, 6.07) is 0.556. The molecular formula is C17H36N2O. The highest BCUT2D eigenvalue weighted by atomic mass is 16.1. The van der Waals surface area contributed by atoms with Gasteiger partial charge in [-0.1, -0.05) is 34.6 Å². The van der Waals surface area contributed by atoms with Gasteiger partial charge in [-0.05, 0) is 57.5 Å². The van der Waals surface area contributed by atoms with E-state index in [0.29, 0.717) is 6.04 Å². The summed E-state index contributed by atoms with van der Waals surface area (Å²) >= 11 is 0. The SMILES string of the molecule is CCC(CC(C)(C)CC(C)(C)CC(NC)C(C)=O)NC. The first-order chi connectivity index (χ1) is 9.06. The number of carbonyl (C=O) groups excluding carboxylic acids is 1. The molecule has 0 radical (unpaired) electrons. The largest absolute Gasteiger partial charge is 0.317 e. The Balaban J connectivity index is 4.67. The van der Waals surface area contributed by atoms with Crippen LogP contribution in [0.2, 0.25) is 0 Å². The summed E-state index contributed by atoms with van der Waals surface area (Å²) < 4.78 is 0. The van der Waals surface area contributed by atoms with Gasteiger partial charge in [0.1, 0.15) is 5.78 Å². The van der Waals surface area contributed by atoms with E-state index in [-0.39, 0.29) is 22.7 Å². The van der Waals surface area contributed by atoms with Crippen molar-refractivity contribution in [2.75, 3.05) is 14.1 Å². The molecular weight excluding hydrogens is 248 g/mol. The molecule has 2 unspecified atom stereocenters. The van der Waals surface area contributed by atoms with E-state index in [1.165, 1.54) is 6.42 Å². The van der Waals surface area contributed by atoms with E-state index in [4.69, 9.17) is 0 Å². The predicted molar refractivity (Wildman–Crippen MR) is 88.1 cm³/mol. The zero-order valence-electron chi connectivity index (χ0n) is 14.9. The molecule has 0 amide bonds. The molecule has 2 atom stereocenters. The molecule has 0 fully saturated rings. The summed E-state index contributed by atoms with van der Waals surface area (Å²) in [4.78, 5) is 11.6. The second-order valence-corrected chi connectivity index (χ2v) is 7.76. The summed E-state index contributed by atoms with van der Waals surface area (Å²) in [5, 5.41) is 6.54. The maximum atomic E-state index is 11.6. The van der Waals surface area contributed by atoms with Crippen LogP contribution in [0.3, 0.4) is 0 Å². The molecule has 0 heterocycles. The van der Waals surface area contributed by atoms with E-state index in [2.05, 4.69) is 45.3 Å². The standard InChI is InChI=1S/C17H36N2O/c1-9-14(18-7)10-16(3,4)12-17(5,6)11-15(19-8)13(2)20/h14-15,18-19H,9-12H2,1-8H3. The molecule has 3 nitrogen and oxygen atoms in total. The fourth-order valence-corrected chi connectivity index (χ4v) is 3.56. The highest BCUT2D eigenvalue weighted by molar-refractivity contribution is 5.81. The number of rotatable bonds is 10. The lowest BCUT2D eigenvalue weighted by Crippen LogP contribution is -2.39. The molecule has 0 saturated heterocycles. The molecule has 0 bridgehead atoms. The van der Waals surface area contributed by atoms with Crippen LogP contribution >= 0.6 is 0 Å². The molecule has 0 aliphatic carbocycles. The number of Topliss-reactive ketones (excluding diaryl/α,β-unsaturated/α-hetero) is 1. The molecule has 0 aromatic rings. The lowest BCUT2D eigenvalue weighted by Gasteiger charge is -2.38. The molecule has 3 heteroatoms. The van der Waals surface area contributed by atoms with Crippen molar-refractivity contribution in [2.45, 2.75) is 79.3 Å². The molecule has 0 aliphatic rings. The van der Waals surface area contributed by atoms with Gasteiger partial charge in [0.2, 0.25) is 0 Å². The van der Waals surface area contributed by atoms with Gasteiger partial charge in [-0.3, -0.25) is 4.79 Å². The summed E-state index contributed by atoms with van der Waals surface area (Å²) in [5.41, 5.74) is 0.442. The van der Waals surface area contributed by atoms with Gasteiger partial charge in [0.25, 0.3) is 0 Å². The third-order valence-electron chi connectivity index (χ3n) is 4.25. The van der Waals surface area contributed by atoms with Crippen LogP contribution in [0.15, 0.2) is 0 Å². The van der Waals surface area contributed by atoms with Crippen LogP contribution in [-0.2, 0) is 4.79 Å². The topological polar surface area (TPSA) is 41.1 Å². The van der Waals surface area contributed by atoms with Crippen LogP contribution in [0.1, 0.15) is 67.2 Å². The Kier molecular flexibility index (Phi) is 7.97. The van der Waals surface area contributed by atoms with Crippen molar-refractivity contribution in [3.05, 3.63) is 0 Å². The van der Waals surface area contributed by atoms with Crippen molar-refractivity contribution in [1.82, 2.24) is 10.6 Å². The number of hydrogen-bond acceptors (Lipinski definition) is 3. The van der Waals surface area contributed by atoms with Gasteiger partial charge in [-0.15, -0.1) is 0 Å². The van der Waals surface area contributed by atoms with Crippen LogP contribution in [-0.4, -0.2) is 32.0 Å². The van der Waals surface area contributed by atoms with Gasteiger partial charge in [0, 0.05) is 6.04 Å². The summed E-state index contributed by atoms with van der Waals surface area (Å²) in [6.45, 7) is 13.2. The molecule has 0 spiro atoms. The molecule has 20 heavy (non-hydrogen) atoms. The number of likely N-dealkylation sites (N-methyl/N-ethyl adjacent to an activating group) is 1. The normalized spacial score (nSPS) is 16.0. The minimum atomic E-state index is -0.0212. The molecule has 0 aromatic heterocycles. The molecule has 0 aromatic carbocycles. The van der Waals surface area contributed by atoms with Gasteiger partial charge in [-0.2, -0.15) is 0 Å². The zero-order chi connectivity index (χ0) is 16.0. The first kappa shape index (κ1) is 19.6. The average Bonchev–Trinajstić information content (AvgIpc) is 2.31. The summed E-state index contributed by atoms with van der Waals surface area (Å²) in [6.07, 6.45) is 4.36. The third-order valence-corrected chi connectivity index (χ3v) is 4.25. The van der Waals surface area contributed by atoms with Crippen LogP contribution in [0.5, 0.6) is 0 Å². The number of ketones is 1. The first-order valence-corrected chi connectivity index (χ1v) is 7.92. The lowest BCUT2D eigenvalue weighted by molar-refractivity contribution is -0.119. The Bertz CT molecular complexity index is 293. The Morgan fingerprint density at radius 1 is 1.00 bits per heavy atom. The Labute approximate surface area is 126 Å². The van der Waals surface area contributed by atoms with Gasteiger partial charge in [0.15, 0.2) is 0 Å². The van der Waals surface area contributed by atoms with Crippen molar-refractivity contribution in [1.29, 1.82) is 0 Å². The number of carbonyl (C=O) groups is 1. The van der Waals surface area contributed by atoms with Crippen molar-refractivity contribution < 1.29 is 4.79 Å². The Morgan fingerprint density at radius 2 is 1.50 bits per heavy atom. The van der Waals surface area contributed by atoms with Crippen molar-refractivity contribution in [3.63, 3.8) is 0 Å². The van der Waals surface area contributed by atoms with Crippen molar-refractivity contribution in [3.8, 4) is 0 Å². The second kappa shape index (κ2) is 8.14. The van der Waals surface area contributed by atoms with Crippen LogP contribution < -0.4 is 10.6 Å². The minimum Gasteiger partial charge on any atom is -0.317 e. The minimum absolute atomic E-state index is 0.0212. The van der Waals surface area contributed by atoms with E-state index in [9.17, 15) is 4.79 Å². The fourth-order valence-electron chi connectivity index (χ4n) is 3.56. The van der Waals surface area contributed by atoms with Gasteiger partial charge in [-0.25, -0.2) is 0 Å². The summed E-state index contributed by atoms with van der Waals surface area (Å²) in [7, 11) is 3.92. The maximum absolute atomic E-state index is 11.6. The fraction of sp³-hybridized carbons (Fsp3) is 0.941. The van der Waals surface area contributed by atoms with E-state index >= 15 is 0 Å². The Morgan fingerprint density at radius 3 is 1.85 bits per heavy atom. The van der Waals surface area contributed by atoms with Crippen molar-refractivity contribution in [2.24, 2.45) is 10.8 Å². The highest BCUT2D eigenvalue weighted by Gasteiger charge is 2.32. The van der Waals surface area contributed by atoms with E-state index in [1.54, 1.807) is 6.92 Å². The van der Waals surface area contributed by atoms with E-state index < -0.39 is 0 Å². The van der Waals surface area contributed by atoms with Gasteiger partial charge in [0.05, 0.1) is 6.04 Å². The quantitative estimate of drug-likeness (QED) is 0.646. The summed E-state index contributed by atoms with van der Waals surface area (Å²) in [5.74, 6) is 0.236. The van der Waals surface area contributed by atoms with Crippen molar-refractivity contribution >= 4 is 5.78 Å². The van der Waals surface area contributed by atoms with Crippen LogP contribution in [0.25, 0.3) is 0 Å². The molecule has 0 rings (SSSR count).